The van der Waals surface area contributed by atoms with Crippen LogP contribution in [0.3, 0.4) is 0 Å². The van der Waals surface area contributed by atoms with Crippen molar-refractivity contribution in [2.24, 2.45) is 0 Å². The van der Waals surface area contributed by atoms with Crippen LogP contribution in [0.1, 0.15) is 13.3 Å². The van der Waals surface area contributed by atoms with Crippen molar-refractivity contribution in [3.63, 3.8) is 0 Å². The van der Waals surface area contributed by atoms with Gasteiger partial charge in [0.25, 0.3) is 5.89 Å². The predicted octanol–water partition coefficient (Wildman–Crippen LogP) is 2.96. The zero-order valence-corrected chi connectivity index (χ0v) is 14.4. The van der Waals surface area contributed by atoms with Gasteiger partial charge in [-0.1, -0.05) is 18.1 Å². The Balaban J connectivity index is 1.80. The number of aromatic nitrogens is 4. The van der Waals surface area contributed by atoms with Gasteiger partial charge in [0, 0.05) is 17.7 Å². The molecule has 0 bridgehead atoms. The summed E-state index contributed by atoms with van der Waals surface area (Å²) < 4.78 is 20.0. The minimum Gasteiger partial charge on any atom is -0.334 e. The standard InChI is InChI=1S/C19H15FN4O3/c1-2-8-24-15-7-6-11(10-14(15)21-17(25)19(24)26)16-22-18(27-23-16)12-4-3-5-13(20)9-12/h3-7,9-10H,2,8H2,1H3,(H,21,25). The van der Waals surface area contributed by atoms with E-state index in [1.54, 1.807) is 30.3 Å². The van der Waals surface area contributed by atoms with Crippen molar-refractivity contribution in [2.75, 3.05) is 0 Å². The van der Waals surface area contributed by atoms with E-state index in [-0.39, 0.29) is 5.89 Å². The van der Waals surface area contributed by atoms with Crippen LogP contribution < -0.4 is 11.1 Å². The second kappa shape index (κ2) is 6.64. The lowest BCUT2D eigenvalue weighted by atomic mass is 10.1. The first kappa shape index (κ1) is 16.9. The Morgan fingerprint density at radius 3 is 2.78 bits per heavy atom. The number of fused-ring (bicyclic) bond motifs is 1. The second-order valence-electron chi connectivity index (χ2n) is 6.08. The SMILES string of the molecule is CCCn1c(=O)c(=O)[nH]c2cc(-c3noc(-c4cccc(F)c4)n3)ccc21. The molecule has 0 saturated heterocycles. The zero-order chi connectivity index (χ0) is 19.0. The summed E-state index contributed by atoms with van der Waals surface area (Å²) in [5.74, 6) is 0.0868. The van der Waals surface area contributed by atoms with Gasteiger partial charge in [0.15, 0.2) is 0 Å². The van der Waals surface area contributed by atoms with Crippen molar-refractivity contribution in [1.29, 1.82) is 0 Å². The summed E-state index contributed by atoms with van der Waals surface area (Å²) in [5.41, 5.74) is 0.944. The molecule has 136 valence electrons. The van der Waals surface area contributed by atoms with Gasteiger partial charge in [0.2, 0.25) is 5.82 Å². The largest absolute Gasteiger partial charge is 0.334 e. The maximum atomic E-state index is 13.4. The monoisotopic (exact) mass is 366 g/mol. The predicted molar refractivity (Wildman–Crippen MR) is 97.8 cm³/mol. The fraction of sp³-hybridized carbons (Fsp3) is 0.158. The maximum absolute atomic E-state index is 13.4. The number of aromatic amines is 1. The summed E-state index contributed by atoms with van der Waals surface area (Å²) in [7, 11) is 0. The Hall–Kier alpha value is -3.55. The molecule has 0 fully saturated rings. The summed E-state index contributed by atoms with van der Waals surface area (Å²) in [6.45, 7) is 2.38. The number of hydrogen-bond donors (Lipinski definition) is 1. The molecule has 0 aliphatic rings. The minimum atomic E-state index is -0.679. The van der Waals surface area contributed by atoms with Crippen molar-refractivity contribution in [2.45, 2.75) is 19.9 Å². The number of aryl methyl sites for hydroxylation is 1. The van der Waals surface area contributed by atoms with Crippen LogP contribution in [0.25, 0.3) is 33.9 Å². The first-order valence-corrected chi connectivity index (χ1v) is 8.43. The maximum Gasteiger partial charge on any atom is 0.316 e. The summed E-state index contributed by atoms with van der Waals surface area (Å²) >= 11 is 0. The summed E-state index contributed by atoms with van der Waals surface area (Å²) in [5, 5.41) is 3.93. The number of benzene rings is 2. The van der Waals surface area contributed by atoms with Gasteiger partial charge in [-0.3, -0.25) is 9.59 Å². The smallest absolute Gasteiger partial charge is 0.316 e. The molecule has 2 aromatic carbocycles. The number of hydrogen-bond acceptors (Lipinski definition) is 5. The van der Waals surface area contributed by atoms with Crippen molar-refractivity contribution < 1.29 is 8.91 Å². The van der Waals surface area contributed by atoms with Crippen LogP contribution in [0.15, 0.2) is 56.6 Å². The second-order valence-corrected chi connectivity index (χ2v) is 6.08. The molecule has 4 aromatic rings. The van der Waals surface area contributed by atoms with Crippen LogP contribution in [0.4, 0.5) is 4.39 Å². The molecule has 0 radical (unpaired) electrons. The van der Waals surface area contributed by atoms with Crippen LogP contribution in [-0.4, -0.2) is 19.7 Å². The number of halogens is 1. The van der Waals surface area contributed by atoms with Gasteiger partial charge in [-0.05, 0) is 42.8 Å². The van der Waals surface area contributed by atoms with Gasteiger partial charge < -0.3 is 14.1 Å². The first-order chi connectivity index (χ1) is 13.1. The molecule has 27 heavy (non-hydrogen) atoms. The zero-order valence-electron chi connectivity index (χ0n) is 14.4. The molecule has 0 amide bonds. The highest BCUT2D eigenvalue weighted by molar-refractivity contribution is 5.80. The van der Waals surface area contributed by atoms with Gasteiger partial charge >= 0.3 is 11.1 Å². The molecule has 0 aliphatic carbocycles. The van der Waals surface area contributed by atoms with E-state index in [2.05, 4.69) is 15.1 Å². The molecular formula is C19H15FN4O3. The summed E-state index contributed by atoms with van der Waals surface area (Å²) in [6.07, 6.45) is 0.724. The molecule has 4 rings (SSSR count). The lowest BCUT2D eigenvalue weighted by molar-refractivity contribution is 0.432. The van der Waals surface area contributed by atoms with E-state index < -0.39 is 16.9 Å². The average molecular weight is 366 g/mol. The molecule has 0 saturated carbocycles. The molecule has 0 aliphatic heterocycles. The fourth-order valence-electron chi connectivity index (χ4n) is 2.94. The molecule has 2 heterocycles. The number of nitrogens with one attached hydrogen (secondary N) is 1. The number of H-pyrrole nitrogens is 1. The third-order valence-corrected chi connectivity index (χ3v) is 4.18. The minimum absolute atomic E-state index is 0.189. The van der Waals surface area contributed by atoms with E-state index in [1.807, 2.05) is 6.92 Å². The van der Waals surface area contributed by atoms with Gasteiger partial charge in [-0.25, -0.2) is 4.39 Å². The number of nitrogens with zero attached hydrogens (tertiary/aromatic N) is 3. The van der Waals surface area contributed by atoms with Gasteiger partial charge in [0.05, 0.1) is 11.0 Å². The first-order valence-electron chi connectivity index (χ1n) is 8.43. The summed E-state index contributed by atoms with van der Waals surface area (Å²) in [4.78, 5) is 30.9. The fourth-order valence-corrected chi connectivity index (χ4v) is 2.94. The van der Waals surface area contributed by atoms with Crippen molar-refractivity contribution in [3.8, 4) is 22.8 Å². The van der Waals surface area contributed by atoms with Gasteiger partial charge in [0.1, 0.15) is 5.82 Å². The Labute approximate surface area is 152 Å². The van der Waals surface area contributed by atoms with Crippen molar-refractivity contribution in [1.82, 2.24) is 19.7 Å². The molecule has 0 atom stereocenters. The van der Waals surface area contributed by atoms with Crippen LogP contribution in [0, 0.1) is 5.82 Å². The average Bonchev–Trinajstić information content (AvgIpc) is 3.15. The highest BCUT2D eigenvalue weighted by Gasteiger charge is 2.13. The third kappa shape index (κ3) is 3.05. The van der Waals surface area contributed by atoms with E-state index >= 15 is 0 Å². The number of rotatable bonds is 4. The van der Waals surface area contributed by atoms with E-state index in [9.17, 15) is 14.0 Å². The molecule has 1 N–H and O–H groups in total. The van der Waals surface area contributed by atoms with E-state index in [1.165, 1.54) is 16.7 Å². The normalized spacial score (nSPS) is 11.2. The lowest BCUT2D eigenvalue weighted by Crippen LogP contribution is -2.36. The Morgan fingerprint density at radius 1 is 1.15 bits per heavy atom. The van der Waals surface area contributed by atoms with Crippen LogP contribution in [0.2, 0.25) is 0 Å². The van der Waals surface area contributed by atoms with E-state index in [0.29, 0.717) is 34.5 Å². The van der Waals surface area contributed by atoms with Gasteiger partial charge in [-0.2, -0.15) is 4.98 Å². The van der Waals surface area contributed by atoms with E-state index in [0.717, 1.165) is 6.42 Å². The van der Waals surface area contributed by atoms with Crippen LogP contribution >= 0.6 is 0 Å². The molecular weight excluding hydrogens is 351 g/mol. The highest BCUT2D eigenvalue weighted by Crippen LogP contribution is 2.24. The molecule has 2 aromatic heterocycles. The summed E-state index contributed by atoms with van der Waals surface area (Å²) in [6, 6.07) is 11.0. The van der Waals surface area contributed by atoms with Crippen LogP contribution in [0.5, 0.6) is 0 Å². The Morgan fingerprint density at radius 2 is 2.00 bits per heavy atom. The quantitative estimate of drug-likeness (QED) is 0.561. The Bertz CT molecular complexity index is 1260. The third-order valence-electron chi connectivity index (χ3n) is 4.18. The Kier molecular flexibility index (Phi) is 4.15. The lowest BCUT2D eigenvalue weighted by Gasteiger charge is -2.08. The highest BCUT2D eigenvalue weighted by atomic mass is 19.1. The molecule has 0 spiro atoms. The van der Waals surface area contributed by atoms with E-state index in [4.69, 9.17) is 4.52 Å². The van der Waals surface area contributed by atoms with Crippen LogP contribution in [-0.2, 0) is 6.54 Å². The van der Waals surface area contributed by atoms with Crippen molar-refractivity contribution >= 4 is 11.0 Å². The molecule has 0 unspecified atom stereocenters. The van der Waals surface area contributed by atoms with Crippen molar-refractivity contribution in [3.05, 3.63) is 69.0 Å². The topological polar surface area (TPSA) is 93.8 Å². The molecule has 8 heteroatoms. The van der Waals surface area contributed by atoms with Gasteiger partial charge in [-0.15, -0.1) is 0 Å². The molecule has 7 nitrogen and oxygen atoms in total.